The van der Waals surface area contributed by atoms with Gasteiger partial charge in [0.2, 0.25) is 0 Å². The van der Waals surface area contributed by atoms with Gasteiger partial charge >= 0.3 is 5.91 Å². The van der Waals surface area contributed by atoms with E-state index < -0.39 is 17.7 Å². The summed E-state index contributed by atoms with van der Waals surface area (Å²) in [5.41, 5.74) is 3.48. The Hall–Kier alpha value is -4.23. The van der Waals surface area contributed by atoms with Crippen LogP contribution in [0.25, 0.3) is 17.0 Å². The summed E-state index contributed by atoms with van der Waals surface area (Å²) in [5.74, 6) is -1.53. The number of hydrogen-bond donors (Lipinski definition) is 0. The summed E-state index contributed by atoms with van der Waals surface area (Å²) in [6, 6.07) is 17.6. The first-order valence-corrected chi connectivity index (χ1v) is 11.9. The highest BCUT2D eigenvalue weighted by Gasteiger charge is 2.47. The fourth-order valence-corrected chi connectivity index (χ4v) is 4.54. The first-order valence-electron chi connectivity index (χ1n) is 11.5. The fraction of sp³-hybridized carbons (Fsp3) is 0.143. The van der Waals surface area contributed by atoms with E-state index in [1.54, 1.807) is 65.5 Å². The Bertz CT molecular complexity index is 1550. The second-order valence-electron chi connectivity index (χ2n) is 8.67. The first kappa shape index (κ1) is 23.5. The smallest absolute Gasteiger partial charge is 0.331 e. The number of anilines is 1. The lowest BCUT2D eigenvalue weighted by molar-refractivity contribution is -0.577. The van der Waals surface area contributed by atoms with E-state index in [0.29, 0.717) is 28.5 Å². The lowest BCUT2D eigenvalue weighted by atomic mass is 10.0. The average Bonchev–Trinajstić information content (AvgIpc) is 3.31. The molecule has 0 saturated heterocycles. The number of nitrogens with zero attached hydrogens (tertiary/aromatic N) is 4. The number of amides is 2. The van der Waals surface area contributed by atoms with Crippen molar-refractivity contribution in [1.29, 1.82) is 0 Å². The number of pyridine rings is 1. The second kappa shape index (κ2) is 9.09. The third-order valence-electron chi connectivity index (χ3n) is 6.10. The highest BCUT2D eigenvalue weighted by atomic mass is 35.5. The van der Waals surface area contributed by atoms with Gasteiger partial charge in [-0.25, -0.2) is 9.58 Å². The summed E-state index contributed by atoms with van der Waals surface area (Å²) in [7, 11) is 0. The molecule has 5 rings (SSSR count). The van der Waals surface area contributed by atoms with Gasteiger partial charge in [-0.2, -0.15) is 9.67 Å². The van der Waals surface area contributed by atoms with Crippen molar-refractivity contribution < 1.29 is 19.3 Å². The van der Waals surface area contributed by atoms with Gasteiger partial charge in [-0.3, -0.25) is 9.59 Å². The van der Waals surface area contributed by atoms with Gasteiger partial charge in [-0.05, 0) is 74.2 Å². The molecule has 36 heavy (non-hydrogen) atoms. The number of carbonyl (C=O) groups is 2. The van der Waals surface area contributed by atoms with Gasteiger partial charge in [0.1, 0.15) is 5.57 Å². The first-order chi connectivity index (χ1) is 17.3. The maximum absolute atomic E-state index is 13.9. The minimum absolute atomic E-state index is 0.0409. The zero-order chi connectivity index (χ0) is 25.6. The van der Waals surface area contributed by atoms with Crippen LogP contribution in [-0.2, 0) is 16.0 Å². The van der Waals surface area contributed by atoms with Crippen molar-refractivity contribution in [1.82, 2.24) is 9.78 Å². The van der Waals surface area contributed by atoms with Crippen molar-refractivity contribution in [3.05, 3.63) is 100 Å². The molecular formula is C28H23ClN4O3. The normalized spacial score (nSPS) is 13.7. The topological polar surface area (TPSA) is 82.1 Å². The molecular weight excluding hydrogens is 476 g/mol. The predicted octanol–water partition coefficient (Wildman–Crippen LogP) is 4.01. The van der Waals surface area contributed by atoms with Crippen LogP contribution >= 0.6 is 11.6 Å². The lowest BCUT2D eigenvalue weighted by Crippen LogP contribution is -2.39. The van der Waals surface area contributed by atoms with Crippen LogP contribution in [-0.4, -0.2) is 21.6 Å². The van der Waals surface area contributed by atoms with Gasteiger partial charge in [-0.15, -0.1) is 0 Å². The molecule has 1 aliphatic heterocycles. The van der Waals surface area contributed by atoms with Crippen molar-refractivity contribution in [2.75, 3.05) is 4.90 Å². The molecule has 0 radical (unpaired) electrons. The predicted molar refractivity (Wildman–Crippen MR) is 136 cm³/mol. The van der Waals surface area contributed by atoms with Crippen molar-refractivity contribution >= 4 is 40.4 Å². The molecule has 0 bridgehead atoms. The maximum atomic E-state index is 13.9. The van der Waals surface area contributed by atoms with Crippen molar-refractivity contribution in [3.63, 3.8) is 0 Å². The van der Waals surface area contributed by atoms with Gasteiger partial charge in [-0.1, -0.05) is 30.7 Å². The molecule has 2 aromatic carbocycles. The Morgan fingerprint density at radius 2 is 1.67 bits per heavy atom. The molecule has 3 heterocycles. The number of benzene rings is 2. The number of rotatable bonds is 5. The van der Waals surface area contributed by atoms with Crippen molar-refractivity contribution in [3.8, 4) is 11.6 Å². The fourth-order valence-electron chi connectivity index (χ4n) is 4.42. The van der Waals surface area contributed by atoms with Crippen molar-refractivity contribution in [2.45, 2.75) is 27.2 Å². The van der Waals surface area contributed by atoms with Crippen molar-refractivity contribution in [2.24, 2.45) is 0 Å². The number of carbonyl (C=O) groups excluding carboxylic acids is 2. The van der Waals surface area contributed by atoms with Crippen LogP contribution in [0.5, 0.6) is 5.88 Å². The summed E-state index contributed by atoms with van der Waals surface area (Å²) in [6.45, 7) is 5.64. The average molecular weight is 499 g/mol. The monoisotopic (exact) mass is 498 g/mol. The van der Waals surface area contributed by atoms with E-state index in [0.717, 1.165) is 16.0 Å². The van der Waals surface area contributed by atoms with Crippen LogP contribution in [0.3, 0.4) is 0 Å². The summed E-state index contributed by atoms with van der Waals surface area (Å²) >= 11 is 6.02. The standard InChI is InChI=1S/C28H23ClN4O3/c1-4-22-23(27(35)33(30-22)20-12-10-19(29)11-13-20)24-25(31-14-6-8-18(3)16-31)28(36)32(26(24)34)21-9-5-7-17(2)15-21/h5-16H,4H2,1-3H3. The number of hydrogen-bond acceptors (Lipinski definition) is 4. The van der Waals surface area contributed by atoms with Gasteiger partial charge in [0, 0.05) is 22.2 Å². The van der Waals surface area contributed by atoms with E-state index in [2.05, 4.69) is 5.10 Å². The van der Waals surface area contributed by atoms with Gasteiger partial charge < -0.3 is 5.11 Å². The largest absolute Gasteiger partial charge is 0.858 e. The van der Waals surface area contributed by atoms with Crippen LogP contribution in [0.2, 0.25) is 5.02 Å². The van der Waals surface area contributed by atoms with Gasteiger partial charge in [0.05, 0.1) is 17.1 Å². The molecule has 7 nitrogen and oxygen atoms in total. The number of halogens is 1. The van der Waals surface area contributed by atoms with E-state index in [4.69, 9.17) is 11.6 Å². The SMILES string of the molecule is CCc1nn(-c2ccc(Cl)cc2)c([O-])c1C1=C([n+]2cccc(C)c2)C(=O)N(c2cccc(C)c2)C1=O. The van der Waals surface area contributed by atoms with Crippen LogP contribution < -0.4 is 14.6 Å². The summed E-state index contributed by atoms with van der Waals surface area (Å²) in [5, 5.41) is 18.8. The highest BCUT2D eigenvalue weighted by molar-refractivity contribution is 6.53. The molecule has 0 spiro atoms. The second-order valence-corrected chi connectivity index (χ2v) is 9.10. The lowest BCUT2D eigenvalue weighted by Gasteiger charge is -2.16. The molecule has 0 saturated carbocycles. The third-order valence-corrected chi connectivity index (χ3v) is 6.35. The molecule has 0 N–H and O–H groups in total. The molecule has 180 valence electrons. The van der Waals surface area contributed by atoms with E-state index in [1.165, 1.54) is 4.68 Å². The van der Waals surface area contributed by atoms with Crippen LogP contribution in [0.1, 0.15) is 29.3 Å². The maximum Gasteiger partial charge on any atom is 0.331 e. The molecule has 0 atom stereocenters. The Kier molecular flexibility index (Phi) is 5.94. The third kappa shape index (κ3) is 3.87. The quantitative estimate of drug-likeness (QED) is 0.307. The molecule has 0 unspecified atom stereocenters. The van der Waals surface area contributed by atoms with Crippen LogP contribution in [0.15, 0.2) is 73.1 Å². The summed E-state index contributed by atoms with van der Waals surface area (Å²) < 4.78 is 2.86. The summed E-state index contributed by atoms with van der Waals surface area (Å²) in [4.78, 5) is 28.9. The van der Waals surface area contributed by atoms with Crippen LogP contribution in [0, 0.1) is 13.8 Å². The Balaban J connectivity index is 1.77. The highest BCUT2D eigenvalue weighted by Crippen LogP contribution is 2.39. The zero-order valence-electron chi connectivity index (χ0n) is 20.0. The van der Waals surface area contributed by atoms with E-state index in [1.807, 2.05) is 32.9 Å². The number of aryl methyl sites for hydroxylation is 3. The number of aromatic nitrogens is 3. The minimum atomic E-state index is -0.558. The molecule has 2 aromatic heterocycles. The summed E-state index contributed by atoms with van der Waals surface area (Å²) in [6.07, 6.45) is 3.86. The minimum Gasteiger partial charge on any atom is -0.858 e. The molecule has 2 amide bonds. The molecule has 4 aromatic rings. The van der Waals surface area contributed by atoms with E-state index in [-0.39, 0.29) is 16.8 Å². The Labute approximate surface area is 213 Å². The van der Waals surface area contributed by atoms with Gasteiger partial charge in [0.15, 0.2) is 12.4 Å². The number of imide groups is 1. The molecule has 0 aliphatic carbocycles. The van der Waals surface area contributed by atoms with Gasteiger partial charge in [0.25, 0.3) is 11.6 Å². The molecule has 1 aliphatic rings. The Morgan fingerprint density at radius 1 is 0.944 bits per heavy atom. The van der Waals surface area contributed by atoms with Crippen LogP contribution in [0.4, 0.5) is 5.69 Å². The molecule has 0 fully saturated rings. The van der Waals surface area contributed by atoms with E-state index in [9.17, 15) is 14.7 Å². The molecule has 8 heteroatoms. The van der Waals surface area contributed by atoms with E-state index >= 15 is 0 Å². The Morgan fingerprint density at radius 3 is 2.33 bits per heavy atom. The zero-order valence-corrected chi connectivity index (χ0v) is 20.8.